The molecule has 0 aliphatic heterocycles. The summed E-state index contributed by atoms with van der Waals surface area (Å²) < 4.78 is 0. The summed E-state index contributed by atoms with van der Waals surface area (Å²) >= 11 is 0. The lowest BCUT2D eigenvalue weighted by Gasteiger charge is -2.40. The lowest BCUT2D eigenvalue weighted by molar-refractivity contribution is 0.0278. The van der Waals surface area contributed by atoms with Gasteiger partial charge in [0.05, 0.1) is 0 Å². The summed E-state index contributed by atoms with van der Waals surface area (Å²) in [5, 5.41) is 10.8. The van der Waals surface area contributed by atoms with E-state index in [2.05, 4.69) is 20.8 Å². The minimum Gasteiger partial charge on any atom is -0.381 e. The van der Waals surface area contributed by atoms with Gasteiger partial charge in [-0.1, -0.05) is 49.8 Å². The highest BCUT2D eigenvalue weighted by molar-refractivity contribution is 5.31. The van der Waals surface area contributed by atoms with Gasteiger partial charge in [0.1, 0.15) is 5.60 Å². The Balaban J connectivity index is 2.42. The van der Waals surface area contributed by atoms with Crippen molar-refractivity contribution in [2.75, 3.05) is 0 Å². The Bertz CT molecular complexity index is 403. The van der Waals surface area contributed by atoms with Crippen LogP contribution >= 0.6 is 0 Å². The van der Waals surface area contributed by atoms with Crippen LogP contribution in [0.25, 0.3) is 0 Å². The molecule has 1 aromatic carbocycles. The molecule has 0 amide bonds. The smallest absolute Gasteiger partial charge is 0.108 e. The van der Waals surface area contributed by atoms with Crippen LogP contribution in [0, 0.1) is 5.41 Å². The first-order valence-corrected chi connectivity index (χ1v) is 5.88. The average molecular weight is 216 g/mol. The lowest BCUT2D eigenvalue weighted by atomic mass is 9.69. The second kappa shape index (κ2) is 3.74. The first-order chi connectivity index (χ1) is 7.41. The molecule has 1 aliphatic rings. The maximum absolute atomic E-state index is 10.8. The molecule has 0 radical (unpaired) electrons. The predicted octanol–water partition coefficient (Wildman–Crippen LogP) is 3.64. The number of hydrogen-bond donors (Lipinski definition) is 1. The third-order valence-electron chi connectivity index (χ3n) is 3.26. The highest BCUT2D eigenvalue weighted by Crippen LogP contribution is 2.44. The summed E-state index contributed by atoms with van der Waals surface area (Å²) in [7, 11) is 0. The molecular weight excluding hydrogens is 196 g/mol. The van der Waals surface area contributed by atoms with Crippen LogP contribution < -0.4 is 0 Å². The van der Waals surface area contributed by atoms with E-state index in [-0.39, 0.29) is 5.41 Å². The Morgan fingerprint density at radius 3 is 2.31 bits per heavy atom. The maximum atomic E-state index is 10.8. The monoisotopic (exact) mass is 216 g/mol. The molecular formula is C15H20O. The summed E-state index contributed by atoms with van der Waals surface area (Å²) in [6.07, 6.45) is 3.89. The molecule has 0 spiro atoms. The van der Waals surface area contributed by atoms with Gasteiger partial charge in [-0.2, -0.15) is 0 Å². The molecule has 1 nitrogen and oxygen atoms in total. The van der Waals surface area contributed by atoms with Gasteiger partial charge in [-0.25, -0.2) is 0 Å². The quantitative estimate of drug-likeness (QED) is 0.711. The third-order valence-corrected chi connectivity index (χ3v) is 3.26. The van der Waals surface area contributed by atoms with Crippen molar-refractivity contribution in [2.45, 2.75) is 39.2 Å². The minimum absolute atomic E-state index is 0.170. The molecule has 1 N–H and O–H groups in total. The molecule has 2 rings (SSSR count). The Hall–Kier alpha value is -1.08. The largest absolute Gasteiger partial charge is 0.381 e. The fourth-order valence-electron chi connectivity index (χ4n) is 2.97. The van der Waals surface area contributed by atoms with Crippen LogP contribution in [0.5, 0.6) is 0 Å². The SMILES string of the molecule is CC1=CC(O)(c2ccccc2)CC(C)(C)C1. The second-order valence-corrected chi connectivity index (χ2v) is 5.80. The molecule has 1 aliphatic carbocycles. The summed E-state index contributed by atoms with van der Waals surface area (Å²) in [6.45, 7) is 6.55. The second-order valence-electron chi connectivity index (χ2n) is 5.80. The van der Waals surface area contributed by atoms with Crippen LogP contribution in [-0.4, -0.2) is 5.11 Å². The van der Waals surface area contributed by atoms with Gasteiger partial charge in [-0.15, -0.1) is 0 Å². The topological polar surface area (TPSA) is 20.2 Å². The first-order valence-electron chi connectivity index (χ1n) is 5.88. The van der Waals surface area contributed by atoms with E-state index < -0.39 is 5.60 Å². The molecule has 0 aromatic heterocycles. The lowest BCUT2D eigenvalue weighted by Crippen LogP contribution is -2.34. The molecule has 86 valence electrons. The van der Waals surface area contributed by atoms with E-state index in [0.717, 1.165) is 18.4 Å². The molecule has 0 heterocycles. The number of rotatable bonds is 1. The van der Waals surface area contributed by atoms with Crippen molar-refractivity contribution in [1.29, 1.82) is 0 Å². The van der Waals surface area contributed by atoms with E-state index in [9.17, 15) is 5.11 Å². The fourth-order valence-corrected chi connectivity index (χ4v) is 2.97. The van der Waals surface area contributed by atoms with Gasteiger partial charge in [0.15, 0.2) is 0 Å². The van der Waals surface area contributed by atoms with Crippen molar-refractivity contribution in [2.24, 2.45) is 5.41 Å². The van der Waals surface area contributed by atoms with Gasteiger partial charge < -0.3 is 5.11 Å². The summed E-state index contributed by atoms with van der Waals surface area (Å²) in [6, 6.07) is 9.96. The van der Waals surface area contributed by atoms with Crippen LogP contribution in [0.15, 0.2) is 42.0 Å². The standard InChI is InChI=1S/C15H20O/c1-12-9-14(2,3)11-15(16,10-12)13-7-5-4-6-8-13/h4-8,10,16H,9,11H2,1-3H3. The molecule has 1 unspecified atom stereocenters. The van der Waals surface area contributed by atoms with E-state index in [1.54, 1.807) is 0 Å². The Labute approximate surface area is 97.8 Å². The zero-order valence-corrected chi connectivity index (χ0v) is 10.3. The van der Waals surface area contributed by atoms with E-state index in [1.807, 2.05) is 36.4 Å². The van der Waals surface area contributed by atoms with Crippen LogP contribution in [-0.2, 0) is 5.60 Å². The van der Waals surface area contributed by atoms with E-state index in [4.69, 9.17) is 0 Å². The number of benzene rings is 1. The number of aliphatic hydroxyl groups is 1. The van der Waals surface area contributed by atoms with Gasteiger partial charge in [0, 0.05) is 0 Å². The van der Waals surface area contributed by atoms with Crippen LogP contribution in [0.3, 0.4) is 0 Å². The number of allylic oxidation sites excluding steroid dienone is 1. The molecule has 0 bridgehead atoms. The zero-order chi connectivity index (χ0) is 11.8. The normalized spacial score (nSPS) is 28.6. The number of hydrogen-bond acceptors (Lipinski definition) is 1. The van der Waals surface area contributed by atoms with Crippen molar-refractivity contribution in [3.63, 3.8) is 0 Å². The predicted molar refractivity (Wildman–Crippen MR) is 67.1 cm³/mol. The van der Waals surface area contributed by atoms with E-state index in [0.29, 0.717) is 0 Å². The van der Waals surface area contributed by atoms with Crippen molar-refractivity contribution in [3.05, 3.63) is 47.5 Å². The third kappa shape index (κ3) is 2.19. The van der Waals surface area contributed by atoms with Gasteiger partial charge in [0.25, 0.3) is 0 Å². The van der Waals surface area contributed by atoms with Gasteiger partial charge in [-0.3, -0.25) is 0 Å². The first kappa shape index (κ1) is 11.4. The molecule has 1 atom stereocenters. The van der Waals surface area contributed by atoms with Crippen molar-refractivity contribution in [1.82, 2.24) is 0 Å². The summed E-state index contributed by atoms with van der Waals surface area (Å²) in [4.78, 5) is 0. The highest BCUT2D eigenvalue weighted by atomic mass is 16.3. The van der Waals surface area contributed by atoms with Crippen molar-refractivity contribution in [3.8, 4) is 0 Å². The molecule has 0 saturated heterocycles. The van der Waals surface area contributed by atoms with Gasteiger partial charge in [0.2, 0.25) is 0 Å². The fraction of sp³-hybridized carbons (Fsp3) is 0.467. The Morgan fingerprint density at radius 2 is 1.75 bits per heavy atom. The van der Waals surface area contributed by atoms with Crippen LogP contribution in [0.2, 0.25) is 0 Å². The summed E-state index contributed by atoms with van der Waals surface area (Å²) in [5.74, 6) is 0. The summed E-state index contributed by atoms with van der Waals surface area (Å²) in [5.41, 5.74) is 1.67. The van der Waals surface area contributed by atoms with Gasteiger partial charge in [-0.05, 0) is 36.8 Å². The molecule has 16 heavy (non-hydrogen) atoms. The van der Waals surface area contributed by atoms with E-state index >= 15 is 0 Å². The van der Waals surface area contributed by atoms with Crippen molar-refractivity contribution >= 4 is 0 Å². The van der Waals surface area contributed by atoms with Gasteiger partial charge >= 0.3 is 0 Å². The van der Waals surface area contributed by atoms with Crippen LogP contribution in [0.1, 0.15) is 39.2 Å². The van der Waals surface area contributed by atoms with Crippen LogP contribution in [0.4, 0.5) is 0 Å². The maximum Gasteiger partial charge on any atom is 0.108 e. The molecule has 0 fully saturated rings. The Morgan fingerprint density at radius 1 is 1.12 bits per heavy atom. The zero-order valence-electron chi connectivity index (χ0n) is 10.3. The minimum atomic E-state index is -0.785. The Kier molecular flexibility index (Phi) is 2.67. The van der Waals surface area contributed by atoms with E-state index in [1.165, 1.54) is 5.57 Å². The molecule has 1 heteroatoms. The average Bonchev–Trinajstić information content (AvgIpc) is 2.15. The molecule has 1 aromatic rings. The van der Waals surface area contributed by atoms with Crippen molar-refractivity contribution < 1.29 is 5.11 Å². The highest BCUT2D eigenvalue weighted by Gasteiger charge is 2.38. The molecule has 0 saturated carbocycles.